The second-order valence-corrected chi connectivity index (χ2v) is 6.86. The molecule has 5 heteroatoms. The molecular formula is C21H17N3OS. The van der Waals surface area contributed by atoms with E-state index in [0.717, 1.165) is 32.6 Å². The topological polar surface area (TPSA) is 60.5 Å². The molecule has 26 heavy (non-hydrogen) atoms. The van der Waals surface area contributed by atoms with Gasteiger partial charge in [-0.2, -0.15) is 0 Å². The summed E-state index contributed by atoms with van der Waals surface area (Å²) in [6.07, 6.45) is 0. The Bertz CT molecular complexity index is 1040. The van der Waals surface area contributed by atoms with E-state index in [1.54, 1.807) is 0 Å². The van der Waals surface area contributed by atoms with Crippen LogP contribution in [0, 0.1) is 0 Å². The molecule has 0 saturated carbocycles. The summed E-state index contributed by atoms with van der Waals surface area (Å²) in [5.41, 5.74) is 10.6. The Morgan fingerprint density at radius 1 is 0.923 bits per heavy atom. The molecule has 0 saturated heterocycles. The van der Waals surface area contributed by atoms with Crippen LogP contribution in [0.25, 0.3) is 10.2 Å². The molecule has 0 unspecified atom stereocenters. The number of aromatic nitrogens is 1. The fourth-order valence-electron chi connectivity index (χ4n) is 2.70. The molecule has 3 aromatic carbocycles. The van der Waals surface area contributed by atoms with Crippen molar-refractivity contribution in [1.82, 2.24) is 4.98 Å². The normalized spacial score (nSPS) is 11.6. The van der Waals surface area contributed by atoms with E-state index < -0.39 is 0 Å². The third-order valence-corrected chi connectivity index (χ3v) is 4.80. The summed E-state index contributed by atoms with van der Waals surface area (Å²) in [5.74, 6) is 0. The molecule has 1 heterocycles. The van der Waals surface area contributed by atoms with Gasteiger partial charge < -0.3 is 10.6 Å². The van der Waals surface area contributed by atoms with E-state index in [-0.39, 0.29) is 0 Å². The summed E-state index contributed by atoms with van der Waals surface area (Å²) in [4.78, 5) is 9.97. The fourth-order valence-corrected chi connectivity index (χ4v) is 3.48. The Morgan fingerprint density at radius 2 is 1.65 bits per heavy atom. The van der Waals surface area contributed by atoms with Crippen LogP contribution >= 0.6 is 11.3 Å². The number of nitrogen functional groups attached to an aromatic ring is 1. The summed E-state index contributed by atoms with van der Waals surface area (Å²) < 4.78 is 1.03. The first-order valence-electron chi connectivity index (χ1n) is 8.25. The smallest absolute Gasteiger partial charge is 0.181 e. The van der Waals surface area contributed by atoms with E-state index >= 15 is 0 Å². The first-order valence-corrected chi connectivity index (χ1v) is 9.07. The van der Waals surface area contributed by atoms with Crippen LogP contribution in [-0.2, 0) is 11.4 Å². The zero-order valence-electron chi connectivity index (χ0n) is 14.0. The van der Waals surface area contributed by atoms with Crippen molar-refractivity contribution in [2.45, 2.75) is 6.61 Å². The Balaban J connectivity index is 1.68. The van der Waals surface area contributed by atoms with Crippen molar-refractivity contribution in [1.29, 1.82) is 0 Å². The number of benzene rings is 3. The highest BCUT2D eigenvalue weighted by Crippen LogP contribution is 2.26. The van der Waals surface area contributed by atoms with Crippen molar-refractivity contribution in [2.75, 3.05) is 5.73 Å². The maximum atomic E-state index is 5.82. The van der Waals surface area contributed by atoms with Crippen LogP contribution in [0.3, 0.4) is 0 Å². The molecule has 128 valence electrons. The maximum Gasteiger partial charge on any atom is 0.181 e. The molecule has 0 amide bonds. The maximum absolute atomic E-state index is 5.82. The molecular weight excluding hydrogens is 342 g/mol. The van der Waals surface area contributed by atoms with Gasteiger partial charge in [-0.1, -0.05) is 83.2 Å². The van der Waals surface area contributed by atoms with Gasteiger partial charge in [0.1, 0.15) is 12.3 Å². The number of anilines is 1. The average molecular weight is 359 g/mol. The predicted octanol–water partition coefficient (Wildman–Crippen LogP) is 4.85. The van der Waals surface area contributed by atoms with E-state index in [9.17, 15) is 0 Å². The molecule has 0 aliphatic rings. The van der Waals surface area contributed by atoms with Crippen LogP contribution in [-0.4, -0.2) is 10.7 Å². The van der Waals surface area contributed by atoms with Crippen molar-refractivity contribution in [2.24, 2.45) is 5.16 Å². The first-order chi connectivity index (χ1) is 12.8. The summed E-state index contributed by atoms with van der Waals surface area (Å²) in [6.45, 7) is 0.424. The number of hydrogen-bond acceptors (Lipinski definition) is 5. The van der Waals surface area contributed by atoms with E-state index in [4.69, 9.17) is 10.6 Å². The van der Waals surface area contributed by atoms with Crippen molar-refractivity contribution in [3.05, 3.63) is 95.6 Å². The van der Waals surface area contributed by atoms with Crippen molar-refractivity contribution in [3.63, 3.8) is 0 Å². The molecule has 2 N–H and O–H groups in total. The Hall–Kier alpha value is -3.18. The molecule has 0 aliphatic heterocycles. The van der Waals surface area contributed by atoms with Crippen molar-refractivity contribution >= 4 is 32.4 Å². The highest BCUT2D eigenvalue weighted by atomic mass is 32.1. The molecule has 0 fully saturated rings. The van der Waals surface area contributed by atoms with Crippen molar-refractivity contribution in [3.8, 4) is 0 Å². The Kier molecular flexibility index (Phi) is 4.62. The largest absolute Gasteiger partial charge is 0.390 e. The third kappa shape index (κ3) is 3.58. The van der Waals surface area contributed by atoms with Crippen molar-refractivity contribution < 1.29 is 4.84 Å². The minimum atomic E-state index is 0.424. The highest BCUT2D eigenvalue weighted by molar-refractivity contribution is 7.22. The summed E-state index contributed by atoms with van der Waals surface area (Å²) in [5, 5.41) is 5.01. The van der Waals surface area contributed by atoms with E-state index in [1.807, 2.05) is 72.8 Å². The van der Waals surface area contributed by atoms with Gasteiger partial charge in [0, 0.05) is 11.1 Å². The zero-order chi connectivity index (χ0) is 17.8. The lowest BCUT2D eigenvalue weighted by Crippen LogP contribution is -2.04. The molecule has 4 nitrogen and oxygen atoms in total. The van der Waals surface area contributed by atoms with Crippen LogP contribution in [0.2, 0.25) is 0 Å². The lowest BCUT2D eigenvalue weighted by atomic mass is 10.0. The van der Waals surface area contributed by atoms with Gasteiger partial charge in [-0.3, -0.25) is 0 Å². The number of thiazole rings is 1. The van der Waals surface area contributed by atoms with Crippen LogP contribution < -0.4 is 5.73 Å². The number of nitrogens with two attached hydrogens (primary N) is 1. The molecule has 0 bridgehead atoms. The second kappa shape index (κ2) is 7.37. The highest BCUT2D eigenvalue weighted by Gasteiger charge is 2.10. The van der Waals surface area contributed by atoms with Gasteiger partial charge in [0.05, 0.1) is 10.2 Å². The molecule has 4 rings (SSSR count). The van der Waals surface area contributed by atoms with Gasteiger partial charge in [-0.15, -0.1) is 0 Å². The quantitative estimate of drug-likeness (QED) is 0.409. The van der Waals surface area contributed by atoms with E-state index in [1.165, 1.54) is 11.3 Å². The minimum Gasteiger partial charge on any atom is -0.390 e. The van der Waals surface area contributed by atoms with E-state index in [0.29, 0.717) is 11.7 Å². The van der Waals surface area contributed by atoms with Gasteiger partial charge >= 0.3 is 0 Å². The number of oxime groups is 1. The van der Waals surface area contributed by atoms with E-state index in [2.05, 4.69) is 16.2 Å². The second-order valence-electron chi connectivity index (χ2n) is 5.80. The summed E-state index contributed by atoms with van der Waals surface area (Å²) >= 11 is 1.47. The lowest BCUT2D eigenvalue weighted by Gasteiger charge is -2.08. The molecule has 0 radical (unpaired) electrons. The monoisotopic (exact) mass is 359 g/mol. The van der Waals surface area contributed by atoms with Gasteiger partial charge in [-0.25, -0.2) is 4.98 Å². The number of rotatable bonds is 5. The molecule has 0 atom stereocenters. The zero-order valence-corrected chi connectivity index (χ0v) is 14.8. The predicted molar refractivity (Wildman–Crippen MR) is 107 cm³/mol. The molecule has 4 aromatic rings. The van der Waals surface area contributed by atoms with Crippen LogP contribution in [0.1, 0.15) is 16.7 Å². The third-order valence-electron chi connectivity index (χ3n) is 3.96. The Labute approximate surface area is 155 Å². The van der Waals surface area contributed by atoms with Gasteiger partial charge in [0.25, 0.3) is 0 Å². The number of nitrogens with zero attached hydrogens (tertiary/aromatic N) is 2. The average Bonchev–Trinajstić information content (AvgIpc) is 3.06. The van der Waals surface area contributed by atoms with Gasteiger partial charge in [0.15, 0.2) is 5.13 Å². The van der Waals surface area contributed by atoms with Crippen LogP contribution in [0.4, 0.5) is 5.13 Å². The number of fused-ring (bicyclic) bond motifs is 1. The number of hydrogen-bond donors (Lipinski definition) is 1. The van der Waals surface area contributed by atoms with Gasteiger partial charge in [0.2, 0.25) is 0 Å². The van der Waals surface area contributed by atoms with Crippen LogP contribution in [0.5, 0.6) is 0 Å². The lowest BCUT2D eigenvalue weighted by molar-refractivity contribution is 0.131. The molecule has 0 spiro atoms. The van der Waals surface area contributed by atoms with Gasteiger partial charge in [-0.05, 0) is 17.7 Å². The Morgan fingerprint density at radius 3 is 2.42 bits per heavy atom. The molecule has 0 aliphatic carbocycles. The first kappa shape index (κ1) is 16.3. The summed E-state index contributed by atoms with van der Waals surface area (Å²) in [7, 11) is 0. The minimum absolute atomic E-state index is 0.424. The fraction of sp³-hybridized carbons (Fsp3) is 0.0476. The summed E-state index contributed by atoms with van der Waals surface area (Å²) in [6, 6.07) is 26.0. The standard InChI is InChI=1S/C21H17N3OS/c22-21-23-18-12-11-17(13-19(18)26-21)20(16-9-5-2-6-10-16)24-25-14-15-7-3-1-4-8-15/h1-13H,14H2,(H2,22,23). The van der Waals surface area contributed by atoms with Crippen LogP contribution in [0.15, 0.2) is 84.0 Å². The SMILES string of the molecule is Nc1nc2ccc(C(=NOCc3ccccc3)c3ccccc3)cc2s1. The molecule has 1 aromatic heterocycles.